The summed E-state index contributed by atoms with van der Waals surface area (Å²) in [5.41, 5.74) is 1.59. The van der Waals surface area contributed by atoms with E-state index in [1.165, 1.54) is 24.8 Å². The average molecular weight is 520 g/mol. The largest absolute Gasteiger partial charge is 0.461 e. The summed E-state index contributed by atoms with van der Waals surface area (Å²) in [5.74, 6) is 2.92. The molecule has 0 atom stereocenters. The number of hydrogen-bond acceptors (Lipinski definition) is 4. The number of furan rings is 1. The van der Waals surface area contributed by atoms with Gasteiger partial charge < -0.3 is 15.1 Å². The summed E-state index contributed by atoms with van der Waals surface area (Å²) < 4.78 is 5.33. The van der Waals surface area contributed by atoms with Gasteiger partial charge in [0.15, 0.2) is 11.7 Å². The van der Waals surface area contributed by atoms with E-state index in [2.05, 4.69) is 63.1 Å². The molecule has 1 aromatic carbocycles. The van der Waals surface area contributed by atoms with Gasteiger partial charge in [-0.2, -0.15) is 5.10 Å². The van der Waals surface area contributed by atoms with Crippen molar-refractivity contribution in [3.8, 4) is 11.6 Å². The summed E-state index contributed by atoms with van der Waals surface area (Å²) in [7, 11) is 0. The molecule has 3 aromatic rings. The van der Waals surface area contributed by atoms with Gasteiger partial charge in [0.2, 0.25) is 5.82 Å². The molecule has 2 aromatic heterocycles. The Morgan fingerprint density at radius 2 is 2.00 bits per heavy atom. The highest BCUT2D eigenvalue weighted by Gasteiger charge is 2.38. The molecule has 0 spiro atoms. The maximum absolute atomic E-state index is 5.33. The van der Waals surface area contributed by atoms with Crippen molar-refractivity contribution < 1.29 is 4.42 Å². The number of aromatic nitrogens is 3. The third-order valence-electron chi connectivity index (χ3n) is 5.51. The Morgan fingerprint density at radius 3 is 2.67 bits per heavy atom. The molecule has 8 heteroatoms. The molecule has 160 valence electrons. The van der Waals surface area contributed by atoms with E-state index in [-0.39, 0.29) is 29.4 Å². The van der Waals surface area contributed by atoms with Crippen molar-refractivity contribution in [1.29, 1.82) is 0 Å². The predicted molar refractivity (Wildman–Crippen MR) is 129 cm³/mol. The van der Waals surface area contributed by atoms with E-state index in [1.807, 2.05) is 12.1 Å². The van der Waals surface area contributed by atoms with Crippen molar-refractivity contribution in [2.75, 3.05) is 19.6 Å². The average Bonchev–Trinajstić information content (AvgIpc) is 3.40. The highest BCUT2D eigenvalue weighted by molar-refractivity contribution is 14.0. The molecule has 1 aliphatic rings. The second-order valence-corrected chi connectivity index (χ2v) is 7.45. The van der Waals surface area contributed by atoms with Gasteiger partial charge in [0, 0.05) is 24.9 Å². The van der Waals surface area contributed by atoms with Crippen LogP contribution in [0.5, 0.6) is 0 Å². The second-order valence-electron chi connectivity index (χ2n) is 7.45. The Bertz CT molecular complexity index is 918. The molecule has 0 amide bonds. The van der Waals surface area contributed by atoms with Crippen LogP contribution < -0.4 is 10.6 Å². The molecule has 1 fully saturated rings. The molecule has 0 radical (unpaired) electrons. The number of rotatable bonds is 8. The molecule has 0 aliphatic heterocycles. The Morgan fingerprint density at radius 1 is 1.17 bits per heavy atom. The molecule has 4 rings (SSSR count). The maximum atomic E-state index is 5.33. The van der Waals surface area contributed by atoms with E-state index >= 15 is 0 Å². The topological polar surface area (TPSA) is 91.1 Å². The first-order valence-electron chi connectivity index (χ1n) is 10.3. The molecular weight excluding hydrogens is 491 g/mol. The summed E-state index contributed by atoms with van der Waals surface area (Å²) in [5, 5.41) is 13.9. The van der Waals surface area contributed by atoms with Gasteiger partial charge in [-0.3, -0.25) is 10.1 Å². The van der Waals surface area contributed by atoms with Crippen LogP contribution in [0.3, 0.4) is 0 Å². The molecule has 2 heterocycles. The fourth-order valence-corrected chi connectivity index (χ4v) is 3.73. The van der Waals surface area contributed by atoms with Crippen LogP contribution in [-0.2, 0) is 11.8 Å². The Balaban J connectivity index is 0.00000256. The van der Waals surface area contributed by atoms with Crippen LogP contribution in [0.25, 0.3) is 11.6 Å². The molecule has 0 bridgehead atoms. The van der Waals surface area contributed by atoms with Crippen LogP contribution in [0.4, 0.5) is 0 Å². The van der Waals surface area contributed by atoms with Crippen molar-refractivity contribution >= 4 is 29.9 Å². The Hall–Kier alpha value is -2.36. The number of nitrogens with one attached hydrogen (secondary N) is 3. The standard InChI is InChI=1S/C22H28N6O.HI/c1-2-23-21(25-16-22(12-7-13-22)17-8-4-3-5-9-17)24-14-11-19-26-20(28-27-19)18-10-6-15-29-18;/h3-6,8-10,15H,2,7,11-14,16H2,1H3,(H2,23,24,25)(H,26,27,28);1H. The van der Waals surface area contributed by atoms with Gasteiger partial charge in [-0.1, -0.05) is 36.8 Å². The summed E-state index contributed by atoms with van der Waals surface area (Å²) in [6.07, 6.45) is 6.03. The van der Waals surface area contributed by atoms with Crippen LogP contribution in [0.15, 0.2) is 58.1 Å². The van der Waals surface area contributed by atoms with E-state index in [0.29, 0.717) is 11.6 Å². The smallest absolute Gasteiger partial charge is 0.216 e. The fourth-order valence-electron chi connectivity index (χ4n) is 3.73. The predicted octanol–water partition coefficient (Wildman–Crippen LogP) is 3.90. The molecular formula is C22H29IN6O. The maximum Gasteiger partial charge on any atom is 0.216 e. The van der Waals surface area contributed by atoms with Crippen LogP contribution in [-0.4, -0.2) is 40.8 Å². The van der Waals surface area contributed by atoms with Crippen LogP contribution in [0, 0.1) is 0 Å². The number of aromatic amines is 1. The van der Waals surface area contributed by atoms with E-state index < -0.39 is 0 Å². The lowest BCUT2D eigenvalue weighted by Gasteiger charge is -2.41. The molecule has 1 aliphatic carbocycles. The molecule has 3 N–H and O–H groups in total. The van der Waals surface area contributed by atoms with Gasteiger partial charge in [-0.05, 0) is 37.5 Å². The van der Waals surface area contributed by atoms with Gasteiger partial charge in [0.1, 0.15) is 5.82 Å². The van der Waals surface area contributed by atoms with E-state index in [0.717, 1.165) is 37.8 Å². The highest BCUT2D eigenvalue weighted by atomic mass is 127. The minimum absolute atomic E-state index is 0. The van der Waals surface area contributed by atoms with Gasteiger partial charge in [-0.25, -0.2) is 4.98 Å². The first-order valence-corrected chi connectivity index (χ1v) is 10.3. The summed E-state index contributed by atoms with van der Waals surface area (Å²) in [6, 6.07) is 14.5. The lowest BCUT2D eigenvalue weighted by atomic mass is 9.64. The number of aliphatic imine (C=N–C) groups is 1. The van der Waals surface area contributed by atoms with Gasteiger partial charge in [-0.15, -0.1) is 24.0 Å². The minimum Gasteiger partial charge on any atom is -0.461 e. The lowest BCUT2D eigenvalue weighted by Crippen LogP contribution is -2.42. The monoisotopic (exact) mass is 520 g/mol. The second kappa shape index (κ2) is 10.6. The van der Waals surface area contributed by atoms with E-state index in [1.54, 1.807) is 6.26 Å². The van der Waals surface area contributed by atoms with Crippen molar-refractivity contribution in [2.45, 2.75) is 38.0 Å². The number of nitrogens with zero attached hydrogens (tertiary/aromatic N) is 3. The van der Waals surface area contributed by atoms with Crippen molar-refractivity contribution in [1.82, 2.24) is 25.8 Å². The molecule has 1 saturated carbocycles. The van der Waals surface area contributed by atoms with Crippen LogP contribution in [0.2, 0.25) is 0 Å². The van der Waals surface area contributed by atoms with Crippen LogP contribution in [0.1, 0.15) is 37.6 Å². The minimum atomic E-state index is 0. The highest BCUT2D eigenvalue weighted by Crippen LogP contribution is 2.43. The van der Waals surface area contributed by atoms with Gasteiger partial charge in [0.05, 0.1) is 12.8 Å². The van der Waals surface area contributed by atoms with Crippen LogP contribution >= 0.6 is 24.0 Å². The Kier molecular flexibility index (Phi) is 7.89. The SMILES string of the molecule is CCNC(=NCC1(c2ccccc2)CCC1)NCCc1nc(-c2ccco2)n[nH]1.I. The van der Waals surface area contributed by atoms with Crippen molar-refractivity contribution in [2.24, 2.45) is 4.99 Å². The molecule has 0 saturated heterocycles. The van der Waals surface area contributed by atoms with E-state index in [9.17, 15) is 0 Å². The van der Waals surface area contributed by atoms with Gasteiger partial charge in [0.25, 0.3) is 0 Å². The number of benzene rings is 1. The van der Waals surface area contributed by atoms with Gasteiger partial charge >= 0.3 is 0 Å². The third kappa shape index (κ3) is 5.21. The summed E-state index contributed by atoms with van der Waals surface area (Å²) >= 11 is 0. The summed E-state index contributed by atoms with van der Waals surface area (Å²) in [4.78, 5) is 9.38. The third-order valence-corrected chi connectivity index (χ3v) is 5.51. The zero-order chi connectivity index (χ0) is 19.9. The number of guanidine groups is 1. The van der Waals surface area contributed by atoms with Crippen molar-refractivity contribution in [3.05, 3.63) is 60.1 Å². The van der Waals surface area contributed by atoms with E-state index in [4.69, 9.17) is 9.41 Å². The quantitative estimate of drug-likeness (QED) is 0.238. The Labute approximate surface area is 194 Å². The summed E-state index contributed by atoms with van der Waals surface area (Å²) in [6.45, 7) is 4.43. The molecule has 7 nitrogen and oxygen atoms in total. The molecule has 0 unspecified atom stereocenters. The fraction of sp³-hybridized carbons (Fsp3) is 0.409. The zero-order valence-electron chi connectivity index (χ0n) is 17.2. The lowest BCUT2D eigenvalue weighted by molar-refractivity contribution is 0.253. The number of hydrogen-bond donors (Lipinski definition) is 3. The normalized spacial score (nSPS) is 15.2. The number of H-pyrrole nitrogens is 1. The number of halogens is 1. The molecule has 30 heavy (non-hydrogen) atoms. The first-order chi connectivity index (χ1) is 14.3. The van der Waals surface area contributed by atoms with Crippen molar-refractivity contribution in [3.63, 3.8) is 0 Å². The zero-order valence-corrected chi connectivity index (χ0v) is 19.6. The first kappa shape index (κ1) is 22.3.